The topological polar surface area (TPSA) is 44.9 Å². The molecule has 0 aliphatic heterocycles. The van der Waals surface area contributed by atoms with E-state index in [2.05, 4.69) is 16.6 Å². The number of H-pyrrole nitrogens is 1. The van der Waals surface area contributed by atoms with Crippen molar-refractivity contribution in [2.24, 2.45) is 0 Å². The van der Waals surface area contributed by atoms with E-state index in [1.54, 1.807) is 0 Å². The zero-order valence-electron chi connectivity index (χ0n) is 11.2. The summed E-state index contributed by atoms with van der Waals surface area (Å²) in [4.78, 5) is 14.8. The lowest BCUT2D eigenvalue weighted by Gasteiger charge is -2.05. The molecule has 1 heterocycles. The summed E-state index contributed by atoms with van der Waals surface area (Å²) in [7, 11) is 0. The largest absolute Gasteiger partial charge is 0.322 e. The summed E-state index contributed by atoms with van der Waals surface area (Å²) < 4.78 is 0. The van der Waals surface area contributed by atoms with Crippen LogP contribution in [0.25, 0.3) is 10.9 Å². The molecule has 0 atom stereocenters. The summed E-state index contributed by atoms with van der Waals surface area (Å²) in [5.74, 6) is 1.21. The molecule has 2 rings (SSSR count). The van der Waals surface area contributed by atoms with E-state index in [4.69, 9.17) is 0 Å². The molecule has 3 nitrogen and oxygen atoms in total. The Bertz CT molecular complexity index is 580. The molecule has 0 fully saturated rings. The standard InChI is InChI=1S/C15H20N2OS/c1-19-9-5-4-8-16-11-13-10-12-6-2-3-7-14(12)17-15(13)18/h2-3,6-7,10,16H,4-5,8-9,11H2,1H3,(H,17,18). The Balaban J connectivity index is 1.93. The second kappa shape index (κ2) is 7.36. The van der Waals surface area contributed by atoms with Gasteiger partial charge < -0.3 is 10.3 Å². The van der Waals surface area contributed by atoms with Crippen LogP contribution in [0.15, 0.2) is 35.1 Å². The van der Waals surface area contributed by atoms with Crippen molar-refractivity contribution in [1.82, 2.24) is 10.3 Å². The van der Waals surface area contributed by atoms with E-state index in [-0.39, 0.29) is 5.56 Å². The monoisotopic (exact) mass is 276 g/mol. The normalized spacial score (nSPS) is 11.0. The number of unbranched alkanes of at least 4 members (excludes halogenated alkanes) is 1. The maximum Gasteiger partial charge on any atom is 0.252 e. The molecule has 0 spiro atoms. The number of rotatable bonds is 7. The van der Waals surface area contributed by atoms with E-state index in [0.717, 1.165) is 29.4 Å². The molecule has 19 heavy (non-hydrogen) atoms. The number of nitrogens with one attached hydrogen (secondary N) is 2. The number of pyridine rings is 1. The molecule has 1 aromatic heterocycles. The van der Waals surface area contributed by atoms with Crippen molar-refractivity contribution in [3.8, 4) is 0 Å². The molecule has 0 aliphatic rings. The van der Waals surface area contributed by atoms with Crippen LogP contribution in [0.4, 0.5) is 0 Å². The molecule has 0 bridgehead atoms. The van der Waals surface area contributed by atoms with Crippen molar-refractivity contribution in [2.75, 3.05) is 18.6 Å². The van der Waals surface area contributed by atoms with Gasteiger partial charge in [0.1, 0.15) is 0 Å². The van der Waals surface area contributed by atoms with Gasteiger partial charge in [-0.25, -0.2) is 0 Å². The molecule has 0 saturated carbocycles. The van der Waals surface area contributed by atoms with E-state index >= 15 is 0 Å². The Morgan fingerprint density at radius 3 is 2.95 bits per heavy atom. The van der Waals surface area contributed by atoms with Crippen LogP contribution in [0.5, 0.6) is 0 Å². The predicted molar refractivity (Wildman–Crippen MR) is 83.9 cm³/mol. The van der Waals surface area contributed by atoms with Crippen molar-refractivity contribution in [3.63, 3.8) is 0 Å². The zero-order valence-corrected chi connectivity index (χ0v) is 12.1. The maximum absolute atomic E-state index is 11.9. The molecule has 4 heteroatoms. The highest BCUT2D eigenvalue weighted by atomic mass is 32.2. The smallest absolute Gasteiger partial charge is 0.252 e. The van der Waals surface area contributed by atoms with Crippen LogP contribution in [0.3, 0.4) is 0 Å². The maximum atomic E-state index is 11.9. The van der Waals surface area contributed by atoms with Crippen molar-refractivity contribution >= 4 is 22.7 Å². The first-order valence-corrected chi connectivity index (χ1v) is 8.01. The van der Waals surface area contributed by atoms with Crippen LogP contribution >= 0.6 is 11.8 Å². The molecular formula is C15H20N2OS. The van der Waals surface area contributed by atoms with Gasteiger partial charge in [-0.05, 0) is 48.9 Å². The average molecular weight is 276 g/mol. The highest BCUT2D eigenvalue weighted by molar-refractivity contribution is 7.98. The minimum absolute atomic E-state index is 0.00955. The average Bonchev–Trinajstić information content (AvgIpc) is 2.43. The van der Waals surface area contributed by atoms with E-state index in [1.165, 1.54) is 12.2 Å². The van der Waals surface area contributed by atoms with Gasteiger partial charge in [0.2, 0.25) is 0 Å². The lowest BCUT2D eigenvalue weighted by Crippen LogP contribution is -2.21. The number of benzene rings is 1. The van der Waals surface area contributed by atoms with Crippen LogP contribution in [-0.2, 0) is 6.54 Å². The minimum atomic E-state index is 0.00955. The van der Waals surface area contributed by atoms with Gasteiger partial charge in [-0.3, -0.25) is 4.79 Å². The Kier molecular flexibility index (Phi) is 5.48. The zero-order chi connectivity index (χ0) is 13.5. The second-order valence-corrected chi connectivity index (χ2v) is 5.57. The number of hydrogen-bond acceptors (Lipinski definition) is 3. The number of aromatic nitrogens is 1. The third kappa shape index (κ3) is 4.11. The van der Waals surface area contributed by atoms with Crippen molar-refractivity contribution in [1.29, 1.82) is 0 Å². The van der Waals surface area contributed by atoms with Gasteiger partial charge in [0.05, 0.1) is 0 Å². The lowest BCUT2D eigenvalue weighted by molar-refractivity contribution is 0.641. The number of fused-ring (bicyclic) bond motifs is 1. The van der Waals surface area contributed by atoms with Gasteiger partial charge in [-0.1, -0.05) is 18.2 Å². The first-order chi connectivity index (χ1) is 9.31. The highest BCUT2D eigenvalue weighted by Gasteiger charge is 2.01. The van der Waals surface area contributed by atoms with Gasteiger partial charge in [-0.2, -0.15) is 11.8 Å². The van der Waals surface area contributed by atoms with E-state index < -0.39 is 0 Å². The van der Waals surface area contributed by atoms with E-state index in [1.807, 2.05) is 42.1 Å². The Hall–Kier alpha value is -1.26. The Morgan fingerprint density at radius 1 is 1.26 bits per heavy atom. The van der Waals surface area contributed by atoms with E-state index in [9.17, 15) is 4.79 Å². The first kappa shape index (κ1) is 14.2. The van der Waals surface area contributed by atoms with Crippen LogP contribution in [0.1, 0.15) is 18.4 Å². The van der Waals surface area contributed by atoms with Gasteiger partial charge in [0.15, 0.2) is 0 Å². The van der Waals surface area contributed by atoms with Crippen LogP contribution < -0.4 is 10.9 Å². The summed E-state index contributed by atoms with van der Waals surface area (Å²) >= 11 is 1.88. The molecule has 102 valence electrons. The SMILES string of the molecule is CSCCCCNCc1cc2ccccc2[nH]c1=O. The number of para-hydroxylation sites is 1. The predicted octanol–water partition coefficient (Wildman–Crippen LogP) is 2.76. The van der Waals surface area contributed by atoms with Gasteiger partial charge >= 0.3 is 0 Å². The molecule has 0 radical (unpaired) electrons. The summed E-state index contributed by atoms with van der Waals surface area (Å²) in [6.07, 6.45) is 4.51. The van der Waals surface area contributed by atoms with Crippen LogP contribution in [0.2, 0.25) is 0 Å². The fraction of sp³-hybridized carbons (Fsp3) is 0.400. The molecule has 2 N–H and O–H groups in total. The fourth-order valence-electron chi connectivity index (χ4n) is 2.04. The van der Waals surface area contributed by atoms with Crippen molar-refractivity contribution in [2.45, 2.75) is 19.4 Å². The fourth-order valence-corrected chi connectivity index (χ4v) is 2.54. The third-order valence-corrected chi connectivity index (χ3v) is 3.79. The molecule has 0 unspecified atom stereocenters. The van der Waals surface area contributed by atoms with Crippen molar-refractivity contribution in [3.05, 3.63) is 46.2 Å². The number of aromatic amines is 1. The molecule has 0 aliphatic carbocycles. The molecule has 1 aromatic carbocycles. The first-order valence-electron chi connectivity index (χ1n) is 6.62. The van der Waals surface area contributed by atoms with E-state index in [0.29, 0.717) is 6.54 Å². The second-order valence-electron chi connectivity index (χ2n) is 4.59. The molecule has 0 saturated heterocycles. The summed E-state index contributed by atoms with van der Waals surface area (Å²) in [5.41, 5.74) is 1.72. The van der Waals surface area contributed by atoms with Crippen molar-refractivity contribution < 1.29 is 0 Å². The number of thioether (sulfide) groups is 1. The molecule has 2 aromatic rings. The van der Waals surface area contributed by atoms with Crippen LogP contribution in [0, 0.1) is 0 Å². The molecule has 0 amide bonds. The molecular weight excluding hydrogens is 256 g/mol. The lowest BCUT2D eigenvalue weighted by atomic mass is 10.1. The Labute approximate surface area is 117 Å². The Morgan fingerprint density at radius 2 is 2.11 bits per heavy atom. The minimum Gasteiger partial charge on any atom is -0.322 e. The summed E-state index contributed by atoms with van der Waals surface area (Å²) in [6, 6.07) is 9.84. The van der Waals surface area contributed by atoms with Gasteiger partial charge in [0, 0.05) is 17.6 Å². The quantitative estimate of drug-likeness (QED) is 0.764. The highest BCUT2D eigenvalue weighted by Crippen LogP contribution is 2.09. The number of hydrogen-bond donors (Lipinski definition) is 2. The van der Waals surface area contributed by atoms with Crippen LogP contribution in [-0.4, -0.2) is 23.5 Å². The summed E-state index contributed by atoms with van der Waals surface area (Å²) in [5, 5.41) is 4.42. The van der Waals surface area contributed by atoms with Gasteiger partial charge in [-0.15, -0.1) is 0 Å². The third-order valence-electron chi connectivity index (χ3n) is 3.10. The summed E-state index contributed by atoms with van der Waals surface area (Å²) in [6.45, 7) is 1.60. The van der Waals surface area contributed by atoms with Gasteiger partial charge in [0.25, 0.3) is 5.56 Å².